The van der Waals surface area contributed by atoms with Crippen molar-refractivity contribution < 1.29 is 14.3 Å². The van der Waals surface area contributed by atoms with Gasteiger partial charge in [-0.05, 0) is 44.0 Å². The van der Waals surface area contributed by atoms with E-state index in [0.717, 1.165) is 12.8 Å². The van der Waals surface area contributed by atoms with Crippen molar-refractivity contribution >= 4 is 11.8 Å². The van der Waals surface area contributed by atoms with E-state index in [4.69, 9.17) is 10.00 Å². The highest BCUT2D eigenvalue weighted by Crippen LogP contribution is 2.18. The molecule has 1 N–H and O–H groups in total. The van der Waals surface area contributed by atoms with E-state index >= 15 is 0 Å². The smallest absolute Gasteiger partial charge is 0.263 e. The maximum absolute atomic E-state index is 12.2. The van der Waals surface area contributed by atoms with E-state index in [9.17, 15) is 9.59 Å². The summed E-state index contributed by atoms with van der Waals surface area (Å²) in [5.74, 6) is 0.0925. The molecule has 0 aromatic heterocycles. The molecule has 22 heavy (non-hydrogen) atoms. The lowest BCUT2D eigenvalue weighted by atomic mass is 10.2. The second-order valence-electron chi connectivity index (χ2n) is 5.43. The number of likely N-dealkylation sites (N-methyl/N-ethyl adjacent to an activating group) is 1. The lowest BCUT2D eigenvalue weighted by Gasteiger charge is -2.21. The van der Waals surface area contributed by atoms with E-state index in [2.05, 4.69) is 5.32 Å². The normalized spacial score (nSPS) is 14.6. The van der Waals surface area contributed by atoms with Crippen LogP contribution in [0.5, 0.6) is 5.75 Å². The predicted molar refractivity (Wildman–Crippen MR) is 80.0 cm³/mol. The van der Waals surface area contributed by atoms with Gasteiger partial charge in [-0.15, -0.1) is 0 Å². The largest absolute Gasteiger partial charge is 0.481 e. The summed E-state index contributed by atoms with van der Waals surface area (Å²) in [6.45, 7) is 1.66. The van der Waals surface area contributed by atoms with Crippen molar-refractivity contribution in [3.05, 3.63) is 29.8 Å². The van der Waals surface area contributed by atoms with Crippen molar-refractivity contribution in [1.29, 1.82) is 5.26 Å². The van der Waals surface area contributed by atoms with Crippen LogP contribution in [0, 0.1) is 11.3 Å². The number of benzene rings is 1. The maximum Gasteiger partial charge on any atom is 0.263 e. The molecule has 1 aromatic carbocycles. The Hall–Kier alpha value is -2.55. The van der Waals surface area contributed by atoms with Crippen LogP contribution in [-0.4, -0.2) is 42.5 Å². The molecule has 0 aliphatic heterocycles. The Morgan fingerprint density at radius 2 is 2.05 bits per heavy atom. The Bertz CT molecular complexity index is 588. The van der Waals surface area contributed by atoms with E-state index in [1.807, 2.05) is 6.07 Å². The fourth-order valence-electron chi connectivity index (χ4n) is 1.97. The second-order valence-corrected chi connectivity index (χ2v) is 5.43. The zero-order chi connectivity index (χ0) is 16.1. The summed E-state index contributed by atoms with van der Waals surface area (Å²) in [6.07, 6.45) is 1.33. The van der Waals surface area contributed by atoms with E-state index < -0.39 is 6.10 Å². The number of carbonyl (C=O) groups is 2. The van der Waals surface area contributed by atoms with E-state index in [0.29, 0.717) is 11.3 Å². The highest BCUT2D eigenvalue weighted by atomic mass is 16.5. The number of ether oxygens (including phenoxy) is 1. The number of amides is 2. The molecular formula is C16H19N3O3. The van der Waals surface area contributed by atoms with Gasteiger partial charge in [-0.2, -0.15) is 5.26 Å². The highest BCUT2D eigenvalue weighted by Gasteiger charge is 2.26. The molecule has 0 spiro atoms. The standard InChI is InChI=1S/C16H19N3O3/c1-11(22-14-7-3-12(9-17)4-8-14)16(21)19(2)10-15(20)18-13-5-6-13/h3-4,7-8,11,13H,5-6,10H2,1-2H3,(H,18,20). The van der Waals surface area contributed by atoms with Crippen molar-refractivity contribution in [3.63, 3.8) is 0 Å². The Balaban J connectivity index is 1.84. The van der Waals surface area contributed by atoms with Gasteiger partial charge >= 0.3 is 0 Å². The molecule has 1 fully saturated rings. The van der Waals surface area contributed by atoms with E-state index in [-0.39, 0.29) is 24.4 Å². The van der Waals surface area contributed by atoms with Gasteiger partial charge in [-0.25, -0.2) is 0 Å². The first-order valence-electron chi connectivity index (χ1n) is 7.20. The molecular weight excluding hydrogens is 282 g/mol. The van der Waals surface area contributed by atoms with Crippen LogP contribution in [-0.2, 0) is 9.59 Å². The molecule has 2 rings (SSSR count). The van der Waals surface area contributed by atoms with Crippen LogP contribution in [0.25, 0.3) is 0 Å². The summed E-state index contributed by atoms with van der Waals surface area (Å²) < 4.78 is 5.54. The fraction of sp³-hybridized carbons (Fsp3) is 0.438. The number of hydrogen-bond donors (Lipinski definition) is 1. The second kappa shape index (κ2) is 6.94. The first kappa shape index (κ1) is 15.8. The van der Waals surface area contributed by atoms with Crippen LogP contribution in [0.1, 0.15) is 25.3 Å². The Kier molecular flexibility index (Phi) is 4.99. The van der Waals surface area contributed by atoms with Gasteiger partial charge in [0.05, 0.1) is 18.2 Å². The van der Waals surface area contributed by atoms with Gasteiger partial charge < -0.3 is 15.0 Å². The minimum Gasteiger partial charge on any atom is -0.481 e. The number of hydrogen-bond acceptors (Lipinski definition) is 4. The Morgan fingerprint density at radius 3 is 2.59 bits per heavy atom. The number of nitrogens with one attached hydrogen (secondary N) is 1. The fourth-order valence-corrected chi connectivity index (χ4v) is 1.97. The minimum absolute atomic E-state index is 0.0242. The van der Waals surface area contributed by atoms with Crippen LogP contribution < -0.4 is 10.1 Å². The number of rotatable bonds is 6. The van der Waals surface area contributed by atoms with Crippen LogP contribution >= 0.6 is 0 Å². The molecule has 0 bridgehead atoms. The molecule has 1 saturated carbocycles. The topological polar surface area (TPSA) is 82.4 Å². The number of nitrogens with zero attached hydrogens (tertiary/aromatic N) is 2. The summed E-state index contributed by atoms with van der Waals surface area (Å²) in [7, 11) is 1.58. The molecule has 1 aliphatic carbocycles. The molecule has 2 amide bonds. The van der Waals surface area contributed by atoms with Gasteiger partial charge in [-0.3, -0.25) is 9.59 Å². The summed E-state index contributed by atoms with van der Waals surface area (Å²) in [5, 5.41) is 11.6. The third kappa shape index (κ3) is 4.48. The lowest BCUT2D eigenvalue weighted by Crippen LogP contribution is -2.44. The monoisotopic (exact) mass is 301 g/mol. The average molecular weight is 301 g/mol. The quantitative estimate of drug-likeness (QED) is 0.852. The molecule has 6 nitrogen and oxygen atoms in total. The molecule has 1 unspecified atom stereocenters. The third-order valence-corrected chi connectivity index (χ3v) is 3.34. The van der Waals surface area contributed by atoms with Gasteiger partial charge in [0.1, 0.15) is 5.75 Å². The van der Waals surface area contributed by atoms with E-state index in [1.54, 1.807) is 38.2 Å². The first-order chi connectivity index (χ1) is 10.5. The van der Waals surface area contributed by atoms with Crippen molar-refractivity contribution in [2.75, 3.05) is 13.6 Å². The predicted octanol–water partition coefficient (Wildman–Crippen LogP) is 1.06. The molecule has 6 heteroatoms. The van der Waals surface area contributed by atoms with Crippen LogP contribution in [0.4, 0.5) is 0 Å². The van der Waals surface area contributed by atoms with E-state index in [1.165, 1.54) is 4.90 Å². The van der Waals surface area contributed by atoms with Crippen molar-refractivity contribution in [2.24, 2.45) is 0 Å². The molecule has 0 radical (unpaired) electrons. The van der Waals surface area contributed by atoms with Crippen molar-refractivity contribution in [3.8, 4) is 11.8 Å². The van der Waals surface area contributed by atoms with Crippen molar-refractivity contribution in [2.45, 2.75) is 31.9 Å². The minimum atomic E-state index is -0.702. The SMILES string of the molecule is CC(Oc1ccc(C#N)cc1)C(=O)N(C)CC(=O)NC1CC1. The summed E-state index contributed by atoms with van der Waals surface area (Å²) in [6, 6.07) is 8.83. The third-order valence-electron chi connectivity index (χ3n) is 3.34. The lowest BCUT2D eigenvalue weighted by molar-refractivity contribution is -0.140. The molecule has 0 saturated heterocycles. The Morgan fingerprint density at radius 1 is 1.41 bits per heavy atom. The van der Waals surface area contributed by atoms with Gasteiger partial charge in [0, 0.05) is 13.1 Å². The summed E-state index contributed by atoms with van der Waals surface area (Å²) in [5.41, 5.74) is 0.528. The first-order valence-corrected chi connectivity index (χ1v) is 7.20. The summed E-state index contributed by atoms with van der Waals surface area (Å²) >= 11 is 0. The molecule has 1 aliphatic rings. The molecule has 0 heterocycles. The van der Waals surface area contributed by atoms with Crippen LogP contribution in [0.15, 0.2) is 24.3 Å². The van der Waals surface area contributed by atoms with Gasteiger partial charge in [0.15, 0.2) is 6.10 Å². The van der Waals surface area contributed by atoms with Gasteiger partial charge in [0.25, 0.3) is 5.91 Å². The average Bonchev–Trinajstić information content (AvgIpc) is 3.30. The van der Waals surface area contributed by atoms with Gasteiger partial charge in [0.2, 0.25) is 5.91 Å². The Labute approximate surface area is 129 Å². The van der Waals surface area contributed by atoms with Crippen LogP contribution in [0.3, 0.4) is 0 Å². The number of nitriles is 1. The van der Waals surface area contributed by atoms with Crippen LogP contribution in [0.2, 0.25) is 0 Å². The highest BCUT2D eigenvalue weighted by molar-refractivity contribution is 5.87. The van der Waals surface area contributed by atoms with Crippen molar-refractivity contribution in [1.82, 2.24) is 10.2 Å². The molecule has 116 valence electrons. The zero-order valence-electron chi connectivity index (χ0n) is 12.7. The zero-order valence-corrected chi connectivity index (χ0v) is 12.7. The molecule has 1 atom stereocenters. The van der Waals surface area contributed by atoms with Gasteiger partial charge in [-0.1, -0.05) is 0 Å². The summed E-state index contributed by atoms with van der Waals surface area (Å²) in [4.78, 5) is 25.2. The molecule has 1 aromatic rings. The maximum atomic E-state index is 12.2. The number of carbonyl (C=O) groups excluding carboxylic acids is 2.